The van der Waals surface area contributed by atoms with Gasteiger partial charge in [0.2, 0.25) is 0 Å². The zero-order valence-corrected chi connectivity index (χ0v) is 8.54. The summed E-state index contributed by atoms with van der Waals surface area (Å²) >= 11 is 2.90. The zero-order valence-electron chi connectivity index (χ0n) is 6.95. The van der Waals surface area contributed by atoms with Crippen LogP contribution in [0.15, 0.2) is 15.2 Å². The predicted octanol–water partition coefficient (Wildman–Crippen LogP) is 1.19. The molecule has 0 fully saturated rings. The van der Waals surface area contributed by atoms with E-state index in [2.05, 4.69) is 20.9 Å². The molecule has 0 aromatic rings. The van der Waals surface area contributed by atoms with Crippen molar-refractivity contribution in [2.45, 2.75) is 13.1 Å². The number of rotatable bonds is 0. The molecule has 1 heterocycles. The van der Waals surface area contributed by atoms with Crippen LogP contribution in [0, 0.1) is 0 Å². The van der Waals surface area contributed by atoms with Crippen molar-refractivity contribution < 1.29 is 18.5 Å². The van der Waals surface area contributed by atoms with Crippen molar-refractivity contribution in [2.75, 3.05) is 13.1 Å². The summed E-state index contributed by atoms with van der Waals surface area (Å²) < 4.78 is 37.1. The lowest BCUT2D eigenvalue weighted by molar-refractivity contribution is -0.603. The van der Waals surface area contributed by atoms with Crippen molar-refractivity contribution in [3.63, 3.8) is 0 Å². The Morgan fingerprint density at radius 3 is 2.62 bits per heavy atom. The fourth-order valence-electron chi connectivity index (χ4n) is 1.02. The van der Waals surface area contributed by atoms with Crippen molar-refractivity contribution >= 4 is 21.6 Å². The fraction of sp³-hybridized carbons (Fsp3) is 0.571. The van der Waals surface area contributed by atoms with E-state index in [1.807, 2.05) is 0 Å². The highest BCUT2D eigenvalue weighted by atomic mass is 79.9. The Hall–Kier alpha value is -0.360. The maximum absolute atomic E-state index is 12.3. The Morgan fingerprint density at radius 1 is 1.46 bits per heavy atom. The smallest absolute Gasteiger partial charge is 0.315 e. The van der Waals surface area contributed by atoms with Gasteiger partial charge < -0.3 is 5.32 Å². The van der Waals surface area contributed by atoms with Gasteiger partial charge in [0.1, 0.15) is 10.2 Å². The molecule has 0 saturated heterocycles. The van der Waals surface area contributed by atoms with E-state index in [0.717, 1.165) is 0 Å². The molecule has 0 atom stereocenters. The van der Waals surface area contributed by atoms with Crippen molar-refractivity contribution in [3.05, 3.63) is 10.2 Å². The van der Waals surface area contributed by atoms with Crippen molar-refractivity contribution in [1.29, 1.82) is 0 Å². The minimum Gasteiger partial charge on any atom is -0.315 e. The van der Waals surface area contributed by atoms with E-state index in [1.54, 1.807) is 12.2 Å². The van der Waals surface area contributed by atoms with Crippen molar-refractivity contribution in [1.82, 2.24) is 0 Å². The molecule has 0 aliphatic carbocycles. The maximum Gasteiger partial charge on any atom is 0.434 e. The van der Waals surface area contributed by atoms with Gasteiger partial charge in [0.25, 0.3) is 0 Å². The molecule has 0 radical (unpaired) electrons. The van der Waals surface area contributed by atoms with Gasteiger partial charge in [-0.1, -0.05) is 0 Å². The fourth-order valence-corrected chi connectivity index (χ4v) is 1.53. The molecule has 1 aliphatic rings. The molecule has 0 spiro atoms. The van der Waals surface area contributed by atoms with Crippen LogP contribution in [-0.2, 0) is 0 Å². The highest BCUT2D eigenvalue weighted by molar-refractivity contribution is 9.12. The van der Waals surface area contributed by atoms with Gasteiger partial charge in [0.15, 0.2) is 5.71 Å². The number of nitrogens with two attached hydrogens (primary N) is 1. The van der Waals surface area contributed by atoms with Crippen LogP contribution >= 0.6 is 15.9 Å². The average molecular weight is 258 g/mol. The van der Waals surface area contributed by atoms with Gasteiger partial charge in [-0.3, -0.25) is 4.99 Å². The first-order valence-corrected chi connectivity index (χ1v) is 4.54. The second-order valence-electron chi connectivity index (χ2n) is 2.72. The van der Waals surface area contributed by atoms with E-state index in [1.165, 1.54) is 0 Å². The Bertz CT molecular complexity index is 267. The molecular weight excluding hydrogens is 249 g/mol. The number of alkyl halides is 3. The summed E-state index contributed by atoms with van der Waals surface area (Å²) in [7, 11) is 0. The Balaban J connectivity index is 3.05. The molecule has 13 heavy (non-hydrogen) atoms. The molecule has 0 bridgehead atoms. The first kappa shape index (κ1) is 10.7. The summed E-state index contributed by atoms with van der Waals surface area (Å²) in [6.45, 7) is 2.39. The number of quaternary nitrogens is 1. The van der Waals surface area contributed by atoms with Crippen LogP contribution in [0.1, 0.15) is 6.92 Å². The first-order valence-electron chi connectivity index (χ1n) is 3.74. The molecule has 0 saturated carbocycles. The first-order chi connectivity index (χ1) is 5.93. The number of nitrogens with zero attached hydrogens (tertiary/aromatic N) is 1. The lowest BCUT2D eigenvalue weighted by Gasteiger charge is -2.07. The Morgan fingerprint density at radius 2 is 2.08 bits per heavy atom. The molecule has 6 heteroatoms. The van der Waals surface area contributed by atoms with E-state index < -0.39 is 11.9 Å². The average Bonchev–Trinajstić information content (AvgIpc) is 2.14. The molecule has 0 aromatic heterocycles. The molecule has 1 aliphatic heterocycles. The second kappa shape index (κ2) is 3.79. The van der Waals surface area contributed by atoms with Crippen LogP contribution in [0.2, 0.25) is 0 Å². The number of hydrogen-bond donors (Lipinski definition) is 1. The maximum atomic E-state index is 12.3. The van der Waals surface area contributed by atoms with Gasteiger partial charge >= 0.3 is 6.18 Å². The molecular formula is C7H9BrF3N2+. The van der Waals surface area contributed by atoms with Crippen LogP contribution in [0.5, 0.6) is 0 Å². The second-order valence-corrected chi connectivity index (χ2v) is 3.51. The number of allylic oxidation sites excluding steroid dienone is 2. The quantitative estimate of drug-likeness (QED) is 0.676. The standard InChI is InChI=1S/C7H8BrF3N2/c1-4-5(8)6(7(9,10)11)13-3-2-12-4/h12H,2-3H2,1H3/p+1. The lowest BCUT2D eigenvalue weighted by atomic mass is 10.3. The summed E-state index contributed by atoms with van der Waals surface area (Å²) in [5.74, 6) is 0. The number of aliphatic imine (C=N–C) groups is 1. The third kappa shape index (κ3) is 2.54. The van der Waals surface area contributed by atoms with Crippen LogP contribution in [0.25, 0.3) is 0 Å². The van der Waals surface area contributed by atoms with Crippen LogP contribution < -0.4 is 5.32 Å². The molecule has 74 valence electrons. The van der Waals surface area contributed by atoms with E-state index in [-0.39, 0.29) is 11.0 Å². The van der Waals surface area contributed by atoms with E-state index in [4.69, 9.17) is 0 Å². The topological polar surface area (TPSA) is 29.0 Å². The van der Waals surface area contributed by atoms with Gasteiger partial charge in [-0.05, 0) is 15.9 Å². The van der Waals surface area contributed by atoms with Gasteiger partial charge in [-0.25, -0.2) is 0 Å². The van der Waals surface area contributed by atoms with Gasteiger partial charge in [0, 0.05) is 6.92 Å². The largest absolute Gasteiger partial charge is 0.434 e. The Labute approximate surface area is 82.0 Å². The summed E-state index contributed by atoms with van der Waals surface area (Å²) in [6.07, 6.45) is -4.36. The van der Waals surface area contributed by atoms with Crippen molar-refractivity contribution in [2.24, 2.45) is 4.99 Å². The Kier molecular flexibility index (Phi) is 3.13. The molecule has 0 amide bonds. The van der Waals surface area contributed by atoms with Crippen molar-refractivity contribution in [3.8, 4) is 0 Å². The third-order valence-electron chi connectivity index (χ3n) is 1.67. The summed E-state index contributed by atoms with van der Waals surface area (Å²) in [4.78, 5) is 3.48. The molecule has 0 aromatic carbocycles. The van der Waals surface area contributed by atoms with Crippen LogP contribution in [0.3, 0.4) is 0 Å². The SMILES string of the molecule is CC1=C(Br)C(C(F)(F)F)=NCC[NH2+]1. The van der Waals surface area contributed by atoms with Gasteiger partial charge in [-0.2, -0.15) is 13.2 Å². The van der Waals surface area contributed by atoms with Gasteiger partial charge in [-0.15, -0.1) is 0 Å². The molecule has 0 unspecified atom stereocenters. The monoisotopic (exact) mass is 257 g/mol. The normalized spacial score (nSPS) is 19.9. The lowest BCUT2D eigenvalue weighted by Crippen LogP contribution is -2.82. The minimum atomic E-state index is -4.36. The van der Waals surface area contributed by atoms with E-state index in [9.17, 15) is 13.2 Å². The zero-order chi connectivity index (χ0) is 10.1. The highest BCUT2D eigenvalue weighted by Gasteiger charge is 2.39. The summed E-state index contributed by atoms with van der Waals surface area (Å²) in [5, 5.41) is 1.74. The van der Waals surface area contributed by atoms with Gasteiger partial charge in [0.05, 0.1) is 13.1 Å². The molecule has 2 N–H and O–H groups in total. The minimum absolute atomic E-state index is 0.0532. The summed E-state index contributed by atoms with van der Waals surface area (Å²) in [6, 6.07) is 0. The van der Waals surface area contributed by atoms with E-state index in [0.29, 0.717) is 12.2 Å². The van der Waals surface area contributed by atoms with Crippen LogP contribution in [-0.4, -0.2) is 25.0 Å². The summed E-state index contributed by atoms with van der Waals surface area (Å²) in [5.41, 5.74) is -0.215. The number of hydrogen-bond acceptors (Lipinski definition) is 1. The number of halogens is 4. The highest BCUT2D eigenvalue weighted by Crippen LogP contribution is 2.26. The molecule has 2 nitrogen and oxygen atoms in total. The molecule has 1 rings (SSSR count). The van der Waals surface area contributed by atoms with E-state index >= 15 is 0 Å². The third-order valence-corrected chi connectivity index (χ3v) is 2.67. The van der Waals surface area contributed by atoms with Crippen LogP contribution in [0.4, 0.5) is 13.2 Å². The predicted molar refractivity (Wildman–Crippen MR) is 46.8 cm³/mol.